The van der Waals surface area contributed by atoms with Crippen LogP contribution in [0.15, 0.2) is 77.8 Å². The van der Waals surface area contributed by atoms with E-state index in [-0.39, 0.29) is 5.82 Å². The second kappa shape index (κ2) is 8.97. The van der Waals surface area contributed by atoms with Crippen molar-refractivity contribution in [1.29, 1.82) is 0 Å². The summed E-state index contributed by atoms with van der Waals surface area (Å²) < 4.78 is 43.8. The maximum atomic E-state index is 14.6. The maximum Gasteiger partial charge on any atom is 0.265 e. The van der Waals surface area contributed by atoms with Gasteiger partial charge in [-0.25, -0.2) is 17.8 Å². The molecule has 0 saturated carbocycles. The predicted molar refractivity (Wildman–Crippen MR) is 122 cm³/mol. The molecule has 2 N–H and O–H groups in total. The van der Waals surface area contributed by atoms with E-state index < -0.39 is 20.7 Å². The summed E-state index contributed by atoms with van der Waals surface area (Å²) in [5.41, 5.74) is 2.04. The highest BCUT2D eigenvalue weighted by Gasteiger charge is 2.20. The number of anilines is 3. The van der Waals surface area contributed by atoms with Gasteiger partial charge in [0.1, 0.15) is 16.5 Å². The molecule has 10 heteroatoms. The van der Waals surface area contributed by atoms with Gasteiger partial charge in [0.05, 0.1) is 6.54 Å². The number of hydrogen-bond acceptors (Lipinski definition) is 5. The third-order valence-electron chi connectivity index (χ3n) is 4.52. The van der Waals surface area contributed by atoms with E-state index in [1.54, 1.807) is 36.0 Å². The summed E-state index contributed by atoms with van der Waals surface area (Å²) in [6.45, 7) is 2.28. The van der Waals surface area contributed by atoms with Crippen LogP contribution in [0, 0.1) is 12.7 Å². The summed E-state index contributed by atoms with van der Waals surface area (Å²) in [7, 11) is -4.13. The smallest absolute Gasteiger partial charge is 0.265 e. The molecule has 2 aromatic carbocycles. The fraction of sp³-hybridized carbons (Fsp3) is 0.0909. The minimum Gasteiger partial charge on any atom is -0.339 e. The van der Waals surface area contributed by atoms with E-state index in [9.17, 15) is 12.8 Å². The molecule has 0 fully saturated rings. The number of benzene rings is 2. The van der Waals surface area contributed by atoms with Gasteiger partial charge in [-0.15, -0.1) is 0 Å². The van der Waals surface area contributed by atoms with Crippen molar-refractivity contribution in [2.75, 3.05) is 10.0 Å². The Bertz CT molecular complexity index is 1360. The first-order chi connectivity index (χ1) is 15.3. The van der Waals surface area contributed by atoms with Gasteiger partial charge in [0.15, 0.2) is 5.82 Å². The first-order valence-corrected chi connectivity index (χ1v) is 11.5. The van der Waals surface area contributed by atoms with Crippen molar-refractivity contribution in [3.8, 4) is 0 Å². The van der Waals surface area contributed by atoms with Crippen LogP contribution >= 0.6 is 11.6 Å². The van der Waals surface area contributed by atoms with Gasteiger partial charge >= 0.3 is 0 Å². The molecule has 0 unspecified atom stereocenters. The van der Waals surface area contributed by atoms with Gasteiger partial charge in [-0.2, -0.15) is 5.10 Å². The summed E-state index contributed by atoms with van der Waals surface area (Å²) in [6.07, 6.45) is 1.78. The lowest BCUT2D eigenvalue weighted by Crippen LogP contribution is -2.15. The molecular formula is C22H19ClFN5O2S. The molecule has 0 bridgehead atoms. The van der Waals surface area contributed by atoms with Gasteiger partial charge in [-0.1, -0.05) is 29.8 Å². The van der Waals surface area contributed by atoms with Crippen LogP contribution in [-0.2, 0) is 16.6 Å². The fourth-order valence-corrected chi connectivity index (χ4v) is 4.22. The van der Waals surface area contributed by atoms with Crippen LogP contribution in [-0.4, -0.2) is 23.2 Å². The van der Waals surface area contributed by atoms with Crippen LogP contribution in [0.5, 0.6) is 0 Å². The van der Waals surface area contributed by atoms with Crippen LogP contribution in [0.25, 0.3) is 0 Å². The Labute approximate surface area is 189 Å². The fourth-order valence-electron chi connectivity index (χ4n) is 3.03. The highest BCUT2D eigenvalue weighted by Crippen LogP contribution is 2.23. The quantitative estimate of drug-likeness (QED) is 0.397. The Hall–Kier alpha value is -3.43. The van der Waals surface area contributed by atoms with Crippen molar-refractivity contribution in [1.82, 2.24) is 14.8 Å². The molecule has 0 saturated heterocycles. The molecule has 0 aliphatic heterocycles. The van der Waals surface area contributed by atoms with Crippen LogP contribution in [0.4, 0.5) is 21.7 Å². The zero-order valence-corrected chi connectivity index (χ0v) is 18.5. The van der Waals surface area contributed by atoms with Crippen molar-refractivity contribution in [3.05, 3.63) is 95.0 Å². The summed E-state index contributed by atoms with van der Waals surface area (Å²) in [4.78, 5) is 3.61. The molecule has 4 aromatic rings. The van der Waals surface area contributed by atoms with Crippen LogP contribution in [0.2, 0.25) is 5.02 Å². The summed E-state index contributed by atoms with van der Waals surface area (Å²) in [6, 6.07) is 17.8. The van der Waals surface area contributed by atoms with E-state index in [2.05, 4.69) is 20.1 Å². The van der Waals surface area contributed by atoms with Crippen molar-refractivity contribution in [2.24, 2.45) is 0 Å². The molecule has 0 radical (unpaired) electrons. The van der Waals surface area contributed by atoms with Crippen molar-refractivity contribution < 1.29 is 12.8 Å². The predicted octanol–water partition coefficient (Wildman–Crippen LogP) is 4.97. The standard InChI is InChI=1S/C22H19ClFN5O2S/c1-15-3-2-4-22(25-15)28-32(30,31)20-10-9-18(13-19(20)24)26-21-11-12-29(27-21)14-16-5-7-17(23)8-6-16/h2-13H,14H2,1H3,(H,25,28)(H,26,27). The van der Waals surface area contributed by atoms with Gasteiger partial charge in [0.2, 0.25) is 0 Å². The number of nitrogens with one attached hydrogen (secondary N) is 2. The van der Waals surface area contributed by atoms with Gasteiger partial charge in [0, 0.05) is 28.7 Å². The molecule has 0 atom stereocenters. The third kappa shape index (κ3) is 5.24. The number of hydrogen-bond donors (Lipinski definition) is 2. The largest absolute Gasteiger partial charge is 0.339 e. The zero-order chi connectivity index (χ0) is 22.7. The van der Waals surface area contributed by atoms with Crippen LogP contribution in [0.1, 0.15) is 11.3 Å². The normalized spacial score (nSPS) is 11.3. The average Bonchev–Trinajstić information content (AvgIpc) is 3.16. The zero-order valence-electron chi connectivity index (χ0n) is 17.0. The summed E-state index contributed by atoms with van der Waals surface area (Å²) >= 11 is 5.90. The number of nitrogens with zero attached hydrogens (tertiary/aromatic N) is 3. The third-order valence-corrected chi connectivity index (χ3v) is 6.16. The lowest BCUT2D eigenvalue weighted by atomic mass is 10.2. The van der Waals surface area contributed by atoms with E-state index in [4.69, 9.17) is 11.6 Å². The highest BCUT2D eigenvalue weighted by atomic mass is 35.5. The Morgan fingerprint density at radius 3 is 2.53 bits per heavy atom. The number of aryl methyl sites for hydroxylation is 1. The Kier molecular flexibility index (Phi) is 6.11. The highest BCUT2D eigenvalue weighted by molar-refractivity contribution is 7.92. The molecule has 2 heterocycles. The topological polar surface area (TPSA) is 88.9 Å². The Morgan fingerprint density at radius 2 is 1.81 bits per heavy atom. The molecule has 4 rings (SSSR count). The van der Waals surface area contributed by atoms with E-state index in [0.29, 0.717) is 28.8 Å². The first-order valence-electron chi connectivity index (χ1n) is 9.59. The van der Waals surface area contributed by atoms with Gasteiger partial charge in [-0.05, 0) is 55.0 Å². The second-order valence-electron chi connectivity index (χ2n) is 7.06. The first kappa shape index (κ1) is 21.8. The van der Waals surface area contributed by atoms with Crippen LogP contribution < -0.4 is 10.0 Å². The summed E-state index contributed by atoms with van der Waals surface area (Å²) in [5, 5.41) is 8.04. The maximum absolute atomic E-state index is 14.6. The minimum absolute atomic E-state index is 0.123. The van der Waals surface area contributed by atoms with Gasteiger partial charge < -0.3 is 5.32 Å². The van der Waals surface area contributed by atoms with Gasteiger partial charge in [-0.3, -0.25) is 9.40 Å². The molecule has 2 aromatic heterocycles. The van der Waals surface area contributed by atoms with E-state index >= 15 is 0 Å². The van der Waals surface area contributed by atoms with Gasteiger partial charge in [0.25, 0.3) is 10.0 Å². The van der Waals surface area contributed by atoms with Crippen molar-refractivity contribution >= 4 is 38.9 Å². The molecule has 7 nitrogen and oxygen atoms in total. The molecular weight excluding hydrogens is 453 g/mol. The van der Waals surface area contributed by atoms with E-state index in [1.807, 2.05) is 24.3 Å². The molecule has 0 aliphatic rings. The lowest BCUT2D eigenvalue weighted by molar-refractivity contribution is 0.570. The molecule has 164 valence electrons. The monoisotopic (exact) mass is 471 g/mol. The molecule has 0 spiro atoms. The van der Waals surface area contributed by atoms with Crippen LogP contribution in [0.3, 0.4) is 0 Å². The number of rotatable bonds is 7. The van der Waals surface area contributed by atoms with Crippen molar-refractivity contribution in [3.63, 3.8) is 0 Å². The summed E-state index contributed by atoms with van der Waals surface area (Å²) in [5.74, 6) is -0.273. The van der Waals surface area contributed by atoms with E-state index in [1.165, 1.54) is 18.2 Å². The SMILES string of the molecule is Cc1cccc(NS(=O)(=O)c2ccc(Nc3ccn(Cc4ccc(Cl)cc4)n3)cc2F)n1. The second-order valence-corrected chi connectivity index (χ2v) is 9.15. The minimum atomic E-state index is -4.13. The molecule has 0 aliphatic carbocycles. The number of aromatic nitrogens is 3. The number of pyridine rings is 1. The van der Waals surface area contributed by atoms with Crippen molar-refractivity contribution in [2.45, 2.75) is 18.4 Å². The number of sulfonamides is 1. The Balaban J connectivity index is 1.46. The molecule has 0 amide bonds. The lowest BCUT2D eigenvalue weighted by Gasteiger charge is -2.10. The number of halogens is 2. The Morgan fingerprint density at radius 1 is 1.03 bits per heavy atom. The molecule has 32 heavy (non-hydrogen) atoms. The van der Waals surface area contributed by atoms with E-state index in [0.717, 1.165) is 11.6 Å². The average molecular weight is 472 g/mol.